The van der Waals surface area contributed by atoms with Crippen LogP contribution in [0.4, 0.5) is 4.39 Å². The minimum absolute atomic E-state index is 0.101. The predicted molar refractivity (Wildman–Crippen MR) is 86.4 cm³/mol. The first-order valence-electron chi connectivity index (χ1n) is 7.43. The van der Waals surface area contributed by atoms with E-state index >= 15 is 0 Å². The van der Waals surface area contributed by atoms with Crippen LogP contribution in [0.3, 0.4) is 0 Å². The van der Waals surface area contributed by atoms with E-state index in [9.17, 15) is 14.0 Å². The fourth-order valence-electron chi connectivity index (χ4n) is 2.50. The Kier molecular flexibility index (Phi) is 4.53. The summed E-state index contributed by atoms with van der Waals surface area (Å²) in [7, 11) is 0. The monoisotopic (exact) mass is 348 g/mol. The smallest absolute Gasteiger partial charge is 0.341 e. The summed E-state index contributed by atoms with van der Waals surface area (Å²) in [5, 5.41) is 9.04. The molecule has 0 spiro atoms. The highest BCUT2D eigenvalue weighted by Crippen LogP contribution is 2.40. The molecule has 0 amide bonds. The second-order valence-corrected chi connectivity index (χ2v) is 6.14. The van der Waals surface area contributed by atoms with Gasteiger partial charge in [0, 0.05) is 10.6 Å². The van der Waals surface area contributed by atoms with Gasteiger partial charge in [-0.25, -0.2) is 9.18 Å². The van der Waals surface area contributed by atoms with E-state index in [1.165, 1.54) is 24.3 Å². The molecule has 1 N–H and O–H groups in total. The van der Waals surface area contributed by atoms with Crippen molar-refractivity contribution in [3.8, 4) is 5.75 Å². The molecule has 6 heteroatoms. The molecule has 1 aliphatic carbocycles. The molecule has 0 bridgehead atoms. The number of ketones is 1. The van der Waals surface area contributed by atoms with Crippen LogP contribution in [-0.2, 0) is 4.79 Å². The molecule has 2 aromatic rings. The highest BCUT2D eigenvalue weighted by Gasteiger charge is 2.26. The lowest BCUT2D eigenvalue weighted by molar-refractivity contribution is -0.139. The van der Waals surface area contributed by atoms with Crippen LogP contribution in [0.25, 0.3) is 0 Å². The van der Waals surface area contributed by atoms with Crippen molar-refractivity contribution < 1.29 is 23.8 Å². The molecule has 1 fully saturated rings. The zero-order valence-electron chi connectivity index (χ0n) is 12.6. The summed E-state index contributed by atoms with van der Waals surface area (Å²) in [5.74, 6) is -1.69. The summed E-state index contributed by atoms with van der Waals surface area (Å²) in [6.45, 7) is -0.585. The highest BCUT2D eigenvalue weighted by molar-refractivity contribution is 6.31. The third-order valence-corrected chi connectivity index (χ3v) is 4.00. The topological polar surface area (TPSA) is 63.6 Å². The second kappa shape index (κ2) is 6.61. The van der Waals surface area contributed by atoms with E-state index in [0.29, 0.717) is 10.9 Å². The molecule has 0 unspecified atom stereocenters. The van der Waals surface area contributed by atoms with E-state index in [0.717, 1.165) is 24.5 Å². The summed E-state index contributed by atoms with van der Waals surface area (Å²) in [4.78, 5) is 23.4. The third kappa shape index (κ3) is 3.74. The van der Waals surface area contributed by atoms with Gasteiger partial charge in [-0.2, -0.15) is 0 Å². The van der Waals surface area contributed by atoms with E-state index in [1.54, 1.807) is 6.07 Å². The number of halogens is 2. The minimum Gasteiger partial charge on any atom is -0.481 e. The van der Waals surface area contributed by atoms with Crippen molar-refractivity contribution in [3.05, 3.63) is 63.9 Å². The van der Waals surface area contributed by atoms with Crippen LogP contribution in [0.5, 0.6) is 5.75 Å². The van der Waals surface area contributed by atoms with Crippen molar-refractivity contribution in [2.75, 3.05) is 6.61 Å². The largest absolute Gasteiger partial charge is 0.481 e. The Morgan fingerprint density at radius 2 is 1.96 bits per heavy atom. The molecular weight excluding hydrogens is 335 g/mol. The van der Waals surface area contributed by atoms with E-state index in [-0.39, 0.29) is 16.9 Å². The zero-order chi connectivity index (χ0) is 17.3. The lowest BCUT2D eigenvalue weighted by atomic mass is 9.99. The fraction of sp³-hybridized carbons (Fsp3) is 0.222. The maximum atomic E-state index is 13.8. The molecule has 0 aliphatic heterocycles. The van der Waals surface area contributed by atoms with Gasteiger partial charge in [-0.3, -0.25) is 4.79 Å². The summed E-state index contributed by atoms with van der Waals surface area (Å²) >= 11 is 5.94. The molecule has 0 heterocycles. The van der Waals surface area contributed by atoms with Gasteiger partial charge in [0.1, 0.15) is 11.6 Å². The summed E-state index contributed by atoms with van der Waals surface area (Å²) in [5.41, 5.74) is 1.10. The first kappa shape index (κ1) is 16.5. The standard InChI is InChI=1S/C18H14ClFO4/c19-13-3-4-16(24-9-17(21)22)15(8-13)18(23)12-5-11(10-1-2-10)6-14(20)7-12/h3-8,10H,1-2,9H2,(H,21,22). The van der Waals surface area contributed by atoms with E-state index in [4.69, 9.17) is 21.4 Å². The number of hydrogen-bond donors (Lipinski definition) is 1. The van der Waals surface area contributed by atoms with E-state index in [1.807, 2.05) is 0 Å². The Morgan fingerprint density at radius 3 is 2.62 bits per heavy atom. The van der Waals surface area contributed by atoms with Gasteiger partial charge in [-0.15, -0.1) is 0 Å². The first-order valence-corrected chi connectivity index (χ1v) is 7.81. The Morgan fingerprint density at radius 1 is 1.21 bits per heavy atom. The molecule has 0 radical (unpaired) electrons. The fourth-order valence-corrected chi connectivity index (χ4v) is 2.67. The molecule has 4 nitrogen and oxygen atoms in total. The molecule has 124 valence electrons. The lowest BCUT2D eigenvalue weighted by Crippen LogP contribution is -2.12. The van der Waals surface area contributed by atoms with Crippen molar-refractivity contribution in [3.63, 3.8) is 0 Å². The molecule has 3 rings (SSSR count). The average molecular weight is 349 g/mol. The number of hydrogen-bond acceptors (Lipinski definition) is 3. The van der Waals surface area contributed by atoms with Crippen LogP contribution in [-0.4, -0.2) is 23.5 Å². The normalized spacial score (nSPS) is 13.6. The van der Waals surface area contributed by atoms with Crippen LogP contribution >= 0.6 is 11.6 Å². The number of aliphatic carboxylic acids is 1. The van der Waals surface area contributed by atoms with Crippen molar-refractivity contribution in [2.24, 2.45) is 0 Å². The highest BCUT2D eigenvalue weighted by atomic mass is 35.5. The molecule has 0 saturated heterocycles. The molecule has 1 saturated carbocycles. The van der Waals surface area contributed by atoms with Crippen molar-refractivity contribution >= 4 is 23.4 Å². The molecular formula is C18H14ClFO4. The molecule has 0 aromatic heterocycles. The molecule has 1 aliphatic rings. The summed E-state index contributed by atoms with van der Waals surface area (Å²) in [6, 6.07) is 8.59. The van der Waals surface area contributed by atoms with Crippen molar-refractivity contribution in [1.29, 1.82) is 0 Å². The van der Waals surface area contributed by atoms with E-state index in [2.05, 4.69) is 0 Å². The Bertz CT molecular complexity index is 815. The Balaban J connectivity index is 1.97. The van der Waals surface area contributed by atoms with Crippen LogP contribution < -0.4 is 4.74 Å². The van der Waals surface area contributed by atoms with Gasteiger partial charge >= 0.3 is 5.97 Å². The number of benzene rings is 2. The van der Waals surface area contributed by atoms with Gasteiger partial charge in [0.15, 0.2) is 12.4 Å². The van der Waals surface area contributed by atoms with Crippen LogP contribution in [0.1, 0.15) is 40.2 Å². The first-order chi connectivity index (χ1) is 11.4. The predicted octanol–water partition coefficient (Wildman–Crippen LogP) is 4.05. The van der Waals surface area contributed by atoms with Gasteiger partial charge in [0.05, 0.1) is 5.56 Å². The minimum atomic E-state index is -1.16. The van der Waals surface area contributed by atoms with Crippen molar-refractivity contribution in [1.82, 2.24) is 0 Å². The van der Waals surface area contributed by atoms with Gasteiger partial charge in [-0.05, 0) is 60.7 Å². The summed E-state index contributed by atoms with van der Waals surface area (Å²) < 4.78 is 19.0. The molecule has 2 aromatic carbocycles. The summed E-state index contributed by atoms with van der Waals surface area (Å²) in [6.07, 6.45) is 1.97. The number of carbonyl (C=O) groups excluding carboxylic acids is 1. The zero-order valence-corrected chi connectivity index (χ0v) is 13.3. The maximum absolute atomic E-state index is 13.8. The Hall–Kier alpha value is -2.40. The third-order valence-electron chi connectivity index (χ3n) is 3.77. The quantitative estimate of drug-likeness (QED) is 0.800. The maximum Gasteiger partial charge on any atom is 0.341 e. The van der Waals surface area contributed by atoms with Gasteiger partial charge in [-0.1, -0.05) is 11.6 Å². The van der Waals surface area contributed by atoms with Crippen LogP contribution in [0, 0.1) is 5.82 Å². The average Bonchev–Trinajstić information content (AvgIpc) is 3.37. The van der Waals surface area contributed by atoms with Gasteiger partial charge in [0.25, 0.3) is 0 Å². The van der Waals surface area contributed by atoms with Gasteiger partial charge < -0.3 is 9.84 Å². The number of rotatable bonds is 6. The number of ether oxygens (including phenoxy) is 1. The number of carboxylic acid groups (broad SMARTS) is 1. The molecule has 0 atom stereocenters. The van der Waals surface area contributed by atoms with Gasteiger partial charge in [0.2, 0.25) is 0 Å². The second-order valence-electron chi connectivity index (χ2n) is 5.70. The van der Waals surface area contributed by atoms with Crippen molar-refractivity contribution in [2.45, 2.75) is 18.8 Å². The lowest BCUT2D eigenvalue weighted by Gasteiger charge is -2.11. The Labute approximate surface area is 142 Å². The van der Waals surface area contributed by atoms with E-state index < -0.39 is 24.2 Å². The SMILES string of the molecule is O=C(O)COc1ccc(Cl)cc1C(=O)c1cc(F)cc(C2CC2)c1. The molecule has 24 heavy (non-hydrogen) atoms. The van der Waals surface area contributed by atoms with Crippen LogP contribution in [0.15, 0.2) is 36.4 Å². The number of carbonyl (C=O) groups is 2. The van der Waals surface area contributed by atoms with Crippen LogP contribution in [0.2, 0.25) is 5.02 Å². The number of carboxylic acids is 1.